The number of carbonyl (C=O) groups excluding carboxylic acids is 2. The number of hydrogen-bond acceptors (Lipinski definition) is 7. The standard InChI is InChI=1S/C22H27N5O4/c1-15(2)20(28)25-9-11-26(12-10-25)21(29)16-5-7-27(8-6-16)22-17(14-23)24-19(31-22)18-4-3-13-30-18/h3-4,13,15-16H,5-12H2,1-2H3. The van der Waals surface area contributed by atoms with Gasteiger partial charge in [0.1, 0.15) is 6.07 Å². The molecule has 2 fully saturated rings. The van der Waals surface area contributed by atoms with Gasteiger partial charge in [0, 0.05) is 51.1 Å². The average Bonchev–Trinajstić information content (AvgIpc) is 3.48. The maximum Gasteiger partial charge on any atom is 0.266 e. The molecule has 0 spiro atoms. The number of furan rings is 1. The van der Waals surface area contributed by atoms with Crippen molar-refractivity contribution in [1.29, 1.82) is 5.26 Å². The van der Waals surface area contributed by atoms with Crippen molar-refractivity contribution in [2.75, 3.05) is 44.2 Å². The molecule has 2 saturated heterocycles. The van der Waals surface area contributed by atoms with Crippen LogP contribution in [-0.2, 0) is 9.59 Å². The summed E-state index contributed by atoms with van der Waals surface area (Å²) in [6.07, 6.45) is 2.90. The number of anilines is 1. The normalized spacial score (nSPS) is 17.8. The van der Waals surface area contributed by atoms with E-state index in [9.17, 15) is 14.9 Å². The molecule has 0 bridgehead atoms. The molecule has 2 aliphatic rings. The molecule has 9 nitrogen and oxygen atoms in total. The van der Waals surface area contributed by atoms with Crippen LogP contribution in [0.25, 0.3) is 11.7 Å². The Morgan fingerprint density at radius 3 is 2.39 bits per heavy atom. The summed E-state index contributed by atoms with van der Waals surface area (Å²) in [5, 5.41) is 9.45. The van der Waals surface area contributed by atoms with Gasteiger partial charge in [0.15, 0.2) is 5.76 Å². The zero-order valence-corrected chi connectivity index (χ0v) is 17.9. The summed E-state index contributed by atoms with van der Waals surface area (Å²) < 4.78 is 11.1. The molecule has 164 valence electrons. The molecule has 2 aromatic rings. The van der Waals surface area contributed by atoms with E-state index in [1.807, 2.05) is 28.5 Å². The van der Waals surface area contributed by atoms with Gasteiger partial charge in [-0.3, -0.25) is 9.59 Å². The lowest BCUT2D eigenvalue weighted by Crippen LogP contribution is -2.53. The summed E-state index contributed by atoms with van der Waals surface area (Å²) in [6.45, 7) is 7.40. The number of oxazole rings is 1. The number of aromatic nitrogens is 1. The van der Waals surface area contributed by atoms with Crippen LogP contribution in [0.5, 0.6) is 0 Å². The minimum Gasteiger partial charge on any atom is -0.459 e. The Labute approximate surface area is 181 Å². The van der Waals surface area contributed by atoms with Gasteiger partial charge in [0.05, 0.1) is 6.26 Å². The van der Waals surface area contributed by atoms with Crippen LogP contribution in [0.1, 0.15) is 32.4 Å². The van der Waals surface area contributed by atoms with Crippen LogP contribution in [0.3, 0.4) is 0 Å². The molecule has 2 amide bonds. The van der Waals surface area contributed by atoms with Gasteiger partial charge in [-0.2, -0.15) is 10.2 Å². The zero-order chi connectivity index (χ0) is 22.0. The lowest BCUT2D eigenvalue weighted by atomic mass is 9.95. The fourth-order valence-electron chi connectivity index (χ4n) is 4.20. The highest BCUT2D eigenvalue weighted by Gasteiger charge is 2.33. The highest BCUT2D eigenvalue weighted by Crippen LogP contribution is 2.31. The van der Waals surface area contributed by atoms with Gasteiger partial charge in [0.2, 0.25) is 23.4 Å². The molecule has 0 N–H and O–H groups in total. The number of nitrogens with zero attached hydrogens (tertiary/aromatic N) is 5. The molecule has 0 unspecified atom stereocenters. The summed E-state index contributed by atoms with van der Waals surface area (Å²) in [7, 11) is 0. The molecule has 0 atom stereocenters. The van der Waals surface area contributed by atoms with Crippen molar-refractivity contribution < 1.29 is 18.4 Å². The Bertz CT molecular complexity index is 959. The molecular formula is C22H27N5O4. The molecule has 2 aromatic heterocycles. The summed E-state index contributed by atoms with van der Waals surface area (Å²) in [6, 6.07) is 5.56. The van der Waals surface area contributed by atoms with Crippen LogP contribution in [0.4, 0.5) is 5.88 Å². The number of rotatable bonds is 4. The van der Waals surface area contributed by atoms with Crippen LogP contribution in [0, 0.1) is 23.2 Å². The van der Waals surface area contributed by atoms with Gasteiger partial charge in [-0.25, -0.2) is 0 Å². The first-order chi connectivity index (χ1) is 15.0. The molecular weight excluding hydrogens is 398 g/mol. The van der Waals surface area contributed by atoms with E-state index in [2.05, 4.69) is 11.1 Å². The van der Waals surface area contributed by atoms with Crippen molar-refractivity contribution in [2.24, 2.45) is 11.8 Å². The van der Waals surface area contributed by atoms with E-state index < -0.39 is 0 Å². The highest BCUT2D eigenvalue weighted by atomic mass is 16.4. The minimum atomic E-state index is -0.0541. The minimum absolute atomic E-state index is 0.0192. The number of piperidine rings is 1. The molecule has 0 saturated carbocycles. The first-order valence-corrected chi connectivity index (χ1v) is 10.7. The van der Waals surface area contributed by atoms with E-state index in [1.165, 1.54) is 6.26 Å². The Kier molecular flexibility index (Phi) is 5.98. The van der Waals surface area contributed by atoms with Crippen LogP contribution in [0.2, 0.25) is 0 Å². The summed E-state index contributed by atoms with van der Waals surface area (Å²) in [5.41, 5.74) is 0.224. The van der Waals surface area contributed by atoms with Crippen LogP contribution in [-0.4, -0.2) is 65.9 Å². The van der Waals surface area contributed by atoms with Crippen molar-refractivity contribution in [3.63, 3.8) is 0 Å². The zero-order valence-electron chi connectivity index (χ0n) is 17.9. The Balaban J connectivity index is 1.34. The quantitative estimate of drug-likeness (QED) is 0.740. The second kappa shape index (κ2) is 8.84. The monoisotopic (exact) mass is 425 g/mol. The van der Waals surface area contributed by atoms with Gasteiger partial charge in [-0.15, -0.1) is 0 Å². The summed E-state index contributed by atoms with van der Waals surface area (Å²) in [5.74, 6) is 1.42. The predicted molar refractivity (Wildman–Crippen MR) is 112 cm³/mol. The number of amides is 2. The predicted octanol–water partition coefficient (Wildman–Crippen LogP) is 2.35. The van der Waals surface area contributed by atoms with E-state index in [-0.39, 0.29) is 35.2 Å². The smallest absolute Gasteiger partial charge is 0.266 e. The molecule has 9 heteroatoms. The highest BCUT2D eigenvalue weighted by molar-refractivity contribution is 5.81. The molecule has 2 aliphatic heterocycles. The van der Waals surface area contributed by atoms with Gasteiger partial charge in [-0.05, 0) is 25.0 Å². The largest absolute Gasteiger partial charge is 0.459 e. The Morgan fingerprint density at radius 2 is 1.81 bits per heavy atom. The molecule has 4 heterocycles. The summed E-state index contributed by atoms with van der Waals surface area (Å²) >= 11 is 0. The fourth-order valence-corrected chi connectivity index (χ4v) is 4.20. The first-order valence-electron chi connectivity index (χ1n) is 10.7. The second-order valence-corrected chi connectivity index (χ2v) is 8.33. The maximum absolute atomic E-state index is 13.0. The topological polar surface area (TPSA) is 107 Å². The first kappa shape index (κ1) is 21.0. The van der Waals surface area contributed by atoms with Crippen molar-refractivity contribution in [3.05, 3.63) is 24.1 Å². The SMILES string of the molecule is CC(C)C(=O)N1CCN(C(=O)C2CCN(c3oc(-c4ccco4)nc3C#N)CC2)CC1. The molecule has 0 radical (unpaired) electrons. The van der Waals surface area contributed by atoms with E-state index in [4.69, 9.17) is 8.83 Å². The van der Waals surface area contributed by atoms with Crippen LogP contribution < -0.4 is 4.90 Å². The van der Waals surface area contributed by atoms with Crippen molar-refractivity contribution in [2.45, 2.75) is 26.7 Å². The van der Waals surface area contributed by atoms with Crippen molar-refractivity contribution in [3.8, 4) is 17.7 Å². The number of nitriles is 1. The number of hydrogen-bond donors (Lipinski definition) is 0. The van der Waals surface area contributed by atoms with E-state index >= 15 is 0 Å². The van der Waals surface area contributed by atoms with E-state index in [1.54, 1.807) is 12.1 Å². The fraction of sp³-hybridized carbons (Fsp3) is 0.545. The summed E-state index contributed by atoms with van der Waals surface area (Å²) in [4.78, 5) is 35.1. The molecule has 0 aromatic carbocycles. The third-order valence-corrected chi connectivity index (χ3v) is 5.98. The Hall–Kier alpha value is -3.28. The van der Waals surface area contributed by atoms with E-state index in [0.29, 0.717) is 63.8 Å². The van der Waals surface area contributed by atoms with Gasteiger partial charge in [0.25, 0.3) is 5.89 Å². The van der Waals surface area contributed by atoms with Crippen LogP contribution in [0.15, 0.2) is 27.2 Å². The third kappa shape index (κ3) is 4.29. The average molecular weight is 425 g/mol. The van der Waals surface area contributed by atoms with Gasteiger partial charge < -0.3 is 23.5 Å². The lowest BCUT2D eigenvalue weighted by Gasteiger charge is -2.39. The van der Waals surface area contributed by atoms with E-state index in [0.717, 1.165) is 0 Å². The molecule has 4 rings (SSSR count). The Morgan fingerprint density at radius 1 is 1.13 bits per heavy atom. The third-order valence-electron chi connectivity index (χ3n) is 5.98. The van der Waals surface area contributed by atoms with Crippen LogP contribution >= 0.6 is 0 Å². The van der Waals surface area contributed by atoms with Crippen molar-refractivity contribution >= 4 is 17.7 Å². The lowest BCUT2D eigenvalue weighted by molar-refractivity contribution is -0.143. The second-order valence-electron chi connectivity index (χ2n) is 8.33. The van der Waals surface area contributed by atoms with Gasteiger partial charge in [-0.1, -0.05) is 13.8 Å². The molecule has 31 heavy (non-hydrogen) atoms. The maximum atomic E-state index is 13.0. The number of carbonyl (C=O) groups is 2. The number of piperazine rings is 1. The molecule has 0 aliphatic carbocycles. The van der Waals surface area contributed by atoms with Gasteiger partial charge >= 0.3 is 0 Å². The van der Waals surface area contributed by atoms with Crippen molar-refractivity contribution in [1.82, 2.24) is 14.8 Å².